The van der Waals surface area contributed by atoms with E-state index in [-0.39, 0.29) is 26.3 Å². The summed E-state index contributed by atoms with van der Waals surface area (Å²) in [6, 6.07) is 8.47. The predicted molar refractivity (Wildman–Crippen MR) is 116 cm³/mol. The highest BCUT2D eigenvalue weighted by Crippen LogP contribution is 2.31. The van der Waals surface area contributed by atoms with Crippen LogP contribution in [0.25, 0.3) is 6.08 Å². The molecule has 0 bridgehead atoms. The summed E-state index contributed by atoms with van der Waals surface area (Å²) < 4.78 is 0.208. The van der Waals surface area contributed by atoms with Gasteiger partial charge in [0.25, 0.3) is 11.6 Å². The second kappa shape index (κ2) is 8.49. The Morgan fingerprint density at radius 3 is 2.73 bits per heavy atom. The molecule has 0 aliphatic carbocycles. The summed E-state index contributed by atoms with van der Waals surface area (Å²) in [7, 11) is 0. The number of non-ortho nitro benzene ring substituents is 1. The van der Waals surface area contributed by atoms with Gasteiger partial charge in [0.15, 0.2) is 0 Å². The molecule has 0 radical (unpaired) electrons. The number of carbonyl (C=O) groups excluding carboxylic acids is 3. The van der Waals surface area contributed by atoms with Gasteiger partial charge in [0.05, 0.1) is 8.49 Å². The number of hydrogen-bond acceptors (Lipinski definition) is 6. The number of nitrogens with one attached hydrogen (secondary N) is 2. The first-order chi connectivity index (χ1) is 14.2. The van der Waals surface area contributed by atoms with Crippen molar-refractivity contribution in [3.63, 3.8) is 0 Å². The number of anilines is 1. The van der Waals surface area contributed by atoms with E-state index in [1.165, 1.54) is 6.07 Å². The summed E-state index contributed by atoms with van der Waals surface area (Å²) in [6.07, 6.45) is 1.13. The maximum Gasteiger partial charge on any atom is 0.329 e. The minimum Gasteiger partial charge on any atom is -0.506 e. The molecule has 154 valence electrons. The van der Waals surface area contributed by atoms with E-state index >= 15 is 0 Å². The molecule has 1 aliphatic rings. The maximum absolute atomic E-state index is 12.6. The highest BCUT2D eigenvalue weighted by atomic mass is 127. The molecular weight excluding hydrogens is 507 g/mol. The first kappa shape index (κ1) is 21.2. The summed E-state index contributed by atoms with van der Waals surface area (Å²) in [4.78, 5) is 48.0. The van der Waals surface area contributed by atoms with E-state index in [0.29, 0.717) is 10.6 Å². The molecule has 1 saturated heterocycles. The zero-order chi connectivity index (χ0) is 22.0. The SMILES string of the molecule is Cc1cccc(NC(=O)CN2C(=O)N/C(=C/c3cc([N+](=O)[O-])cc(I)c3O)C2=O)c1. The smallest absolute Gasteiger partial charge is 0.329 e. The second-order valence-electron chi connectivity index (χ2n) is 6.42. The molecule has 0 unspecified atom stereocenters. The van der Waals surface area contributed by atoms with Crippen molar-refractivity contribution in [3.05, 3.63) is 66.9 Å². The van der Waals surface area contributed by atoms with Crippen LogP contribution in [-0.4, -0.2) is 39.3 Å². The molecule has 3 rings (SSSR count). The minimum absolute atomic E-state index is 0.0108. The lowest BCUT2D eigenvalue weighted by Gasteiger charge is -2.12. The van der Waals surface area contributed by atoms with Crippen molar-refractivity contribution in [1.82, 2.24) is 10.2 Å². The Hall–Kier alpha value is -3.48. The van der Waals surface area contributed by atoms with Crippen molar-refractivity contribution in [3.8, 4) is 5.75 Å². The minimum atomic E-state index is -0.815. The van der Waals surface area contributed by atoms with E-state index < -0.39 is 29.3 Å². The molecule has 0 aromatic heterocycles. The van der Waals surface area contributed by atoms with Gasteiger partial charge in [-0.2, -0.15) is 0 Å². The molecule has 3 N–H and O–H groups in total. The Morgan fingerprint density at radius 1 is 1.33 bits per heavy atom. The van der Waals surface area contributed by atoms with E-state index in [1.54, 1.807) is 40.8 Å². The van der Waals surface area contributed by atoms with Gasteiger partial charge < -0.3 is 15.7 Å². The summed E-state index contributed by atoms with van der Waals surface area (Å²) in [5, 5.41) is 26.1. The van der Waals surface area contributed by atoms with Crippen LogP contribution in [0.15, 0.2) is 42.1 Å². The molecule has 0 saturated carbocycles. The van der Waals surface area contributed by atoms with E-state index in [1.807, 2.05) is 13.0 Å². The quantitative estimate of drug-likeness (QED) is 0.181. The summed E-state index contributed by atoms with van der Waals surface area (Å²) in [6.45, 7) is 1.34. The van der Waals surface area contributed by atoms with Gasteiger partial charge in [-0.3, -0.25) is 19.7 Å². The fourth-order valence-electron chi connectivity index (χ4n) is 2.76. The predicted octanol–water partition coefficient (Wildman–Crippen LogP) is 2.74. The molecule has 10 nitrogen and oxygen atoms in total. The third-order valence-corrected chi connectivity index (χ3v) is 4.98. The summed E-state index contributed by atoms with van der Waals surface area (Å²) in [5.41, 5.74) is 0.951. The second-order valence-corrected chi connectivity index (χ2v) is 7.58. The highest BCUT2D eigenvalue weighted by molar-refractivity contribution is 14.1. The van der Waals surface area contributed by atoms with Crippen LogP contribution in [0.4, 0.5) is 16.2 Å². The highest BCUT2D eigenvalue weighted by Gasteiger charge is 2.35. The molecular formula is C19H15IN4O6. The van der Waals surface area contributed by atoms with Crippen LogP contribution in [-0.2, 0) is 9.59 Å². The van der Waals surface area contributed by atoms with Crippen LogP contribution in [0.1, 0.15) is 11.1 Å². The number of benzene rings is 2. The van der Waals surface area contributed by atoms with Gasteiger partial charge >= 0.3 is 6.03 Å². The van der Waals surface area contributed by atoms with E-state index in [4.69, 9.17) is 0 Å². The van der Waals surface area contributed by atoms with Gasteiger partial charge in [0.2, 0.25) is 5.91 Å². The molecule has 11 heteroatoms. The normalized spacial score (nSPS) is 14.7. The van der Waals surface area contributed by atoms with Gasteiger partial charge in [0, 0.05) is 23.4 Å². The third-order valence-electron chi connectivity index (χ3n) is 4.15. The number of amides is 4. The number of hydrogen-bond donors (Lipinski definition) is 3. The lowest BCUT2D eigenvalue weighted by atomic mass is 10.1. The average Bonchev–Trinajstić information content (AvgIpc) is 2.92. The number of halogens is 1. The Labute approximate surface area is 183 Å². The molecule has 1 heterocycles. The van der Waals surface area contributed by atoms with E-state index in [0.717, 1.165) is 17.7 Å². The number of urea groups is 1. The van der Waals surface area contributed by atoms with E-state index in [2.05, 4.69) is 10.6 Å². The molecule has 1 fully saturated rings. The lowest BCUT2D eigenvalue weighted by molar-refractivity contribution is -0.385. The first-order valence-electron chi connectivity index (χ1n) is 8.53. The van der Waals surface area contributed by atoms with Crippen molar-refractivity contribution in [2.24, 2.45) is 0 Å². The number of phenols is 1. The number of aromatic hydroxyl groups is 1. The number of rotatable bonds is 5. The monoisotopic (exact) mass is 522 g/mol. The van der Waals surface area contributed by atoms with Gasteiger partial charge in [-0.05, 0) is 53.3 Å². The van der Waals surface area contributed by atoms with Gasteiger partial charge in [-0.1, -0.05) is 12.1 Å². The van der Waals surface area contributed by atoms with Crippen molar-refractivity contribution < 1.29 is 24.4 Å². The Morgan fingerprint density at radius 2 is 2.07 bits per heavy atom. The van der Waals surface area contributed by atoms with Crippen molar-refractivity contribution in [1.29, 1.82) is 0 Å². The van der Waals surface area contributed by atoms with E-state index in [9.17, 15) is 29.6 Å². The largest absolute Gasteiger partial charge is 0.506 e. The van der Waals surface area contributed by atoms with Crippen LogP contribution in [0, 0.1) is 20.6 Å². The molecule has 1 aliphatic heterocycles. The fraction of sp³-hybridized carbons (Fsp3) is 0.105. The van der Waals surface area contributed by atoms with Crippen molar-refractivity contribution in [2.45, 2.75) is 6.92 Å². The molecule has 2 aromatic rings. The zero-order valence-electron chi connectivity index (χ0n) is 15.5. The van der Waals surface area contributed by atoms with Gasteiger partial charge in [-0.15, -0.1) is 0 Å². The van der Waals surface area contributed by atoms with Crippen LogP contribution >= 0.6 is 22.6 Å². The molecule has 4 amide bonds. The van der Waals surface area contributed by atoms with Crippen LogP contribution in [0.5, 0.6) is 5.75 Å². The average molecular weight is 522 g/mol. The third kappa shape index (κ3) is 4.56. The lowest BCUT2D eigenvalue weighted by Crippen LogP contribution is -2.38. The van der Waals surface area contributed by atoms with Crippen LogP contribution in [0.2, 0.25) is 0 Å². The standard InChI is InChI=1S/C19H15IN4O6/c1-10-3-2-4-12(5-10)21-16(25)9-23-18(27)15(22-19(23)28)7-11-6-13(24(29)30)8-14(20)17(11)26/h2-8,26H,9H2,1H3,(H,21,25)(H,22,28)/b15-7+. The van der Waals surface area contributed by atoms with Crippen molar-refractivity contribution in [2.75, 3.05) is 11.9 Å². The number of nitro benzene ring substituents is 1. The van der Waals surface area contributed by atoms with Crippen LogP contribution < -0.4 is 10.6 Å². The molecule has 0 spiro atoms. The Bertz CT molecular complexity index is 1110. The topological polar surface area (TPSA) is 142 Å². The Kier molecular flexibility index (Phi) is 6.01. The van der Waals surface area contributed by atoms with Crippen LogP contribution in [0.3, 0.4) is 0 Å². The number of nitro groups is 1. The Balaban J connectivity index is 1.79. The maximum atomic E-state index is 12.6. The van der Waals surface area contributed by atoms with Crippen molar-refractivity contribution >= 4 is 57.9 Å². The summed E-state index contributed by atoms with van der Waals surface area (Å²) >= 11 is 1.72. The number of carbonyl (C=O) groups is 3. The zero-order valence-corrected chi connectivity index (χ0v) is 17.7. The summed E-state index contributed by atoms with van der Waals surface area (Å²) in [5.74, 6) is -1.63. The fourth-order valence-corrected chi connectivity index (χ4v) is 3.39. The number of imide groups is 1. The molecule has 0 atom stereocenters. The number of nitrogens with zero attached hydrogens (tertiary/aromatic N) is 2. The molecule has 30 heavy (non-hydrogen) atoms. The number of phenolic OH excluding ortho intramolecular Hbond substituents is 1. The number of aryl methyl sites for hydroxylation is 1. The van der Waals surface area contributed by atoms with Gasteiger partial charge in [-0.25, -0.2) is 9.69 Å². The molecule has 2 aromatic carbocycles. The van der Waals surface area contributed by atoms with Gasteiger partial charge in [0.1, 0.15) is 18.0 Å². The first-order valence-corrected chi connectivity index (χ1v) is 9.61.